The second kappa shape index (κ2) is 8.89. The molecule has 1 heterocycles. The number of benzene rings is 2. The maximum atomic E-state index is 13.9. The molecular formula is C25H28N2O4S. The molecule has 0 unspecified atom stereocenters. The molecule has 0 radical (unpaired) electrons. The molecule has 2 atom stereocenters. The third-order valence-corrected chi connectivity index (χ3v) is 7.37. The van der Waals surface area contributed by atoms with Gasteiger partial charge < -0.3 is 4.74 Å². The minimum Gasteiger partial charge on any atom is -0.463 e. The van der Waals surface area contributed by atoms with E-state index in [1.54, 1.807) is 61.5 Å². The first-order valence-corrected chi connectivity index (χ1v) is 11.9. The van der Waals surface area contributed by atoms with E-state index in [2.05, 4.69) is 6.07 Å². The Morgan fingerprint density at radius 2 is 1.69 bits per heavy atom. The quantitative estimate of drug-likeness (QED) is 0.623. The van der Waals surface area contributed by atoms with Gasteiger partial charge in [-0.2, -0.15) is 9.57 Å². The number of aryl methyl sites for hydroxylation is 1. The number of hydrogen-bond acceptors (Lipinski definition) is 5. The summed E-state index contributed by atoms with van der Waals surface area (Å²) in [5, 5.41) is 9.16. The minimum atomic E-state index is -3.97. The molecule has 1 aliphatic rings. The van der Waals surface area contributed by atoms with E-state index in [1.165, 1.54) is 4.31 Å². The molecule has 0 fully saturated rings. The number of carbonyl (C=O) groups excluding carboxylic acids is 1. The molecule has 6 nitrogen and oxygen atoms in total. The molecule has 0 aliphatic carbocycles. The Bertz CT molecular complexity index is 1170. The Morgan fingerprint density at radius 1 is 1.09 bits per heavy atom. The van der Waals surface area contributed by atoms with E-state index >= 15 is 0 Å². The van der Waals surface area contributed by atoms with Crippen molar-refractivity contribution in [2.45, 2.75) is 51.6 Å². The highest BCUT2D eigenvalue weighted by Crippen LogP contribution is 2.46. The van der Waals surface area contributed by atoms with Crippen LogP contribution in [0.2, 0.25) is 0 Å². The molecule has 0 spiro atoms. The van der Waals surface area contributed by atoms with E-state index in [4.69, 9.17) is 10.00 Å². The summed E-state index contributed by atoms with van der Waals surface area (Å²) >= 11 is 0. The third kappa shape index (κ3) is 4.47. The SMILES string of the molecule is CCOC(=O)C1=C[C@@H](C(C)(C)C)N(S(=O)(=O)c2ccc(C)cc2)[C@H]1c1ccc(C#N)cc1. The topological polar surface area (TPSA) is 87.5 Å². The average molecular weight is 453 g/mol. The highest BCUT2D eigenvalue weighted by Gasteiger charge is 2.49. The second-order valence-electron chi connectivity index (χ2n) is 8.94. The molecule has 0 N–H and O–H groups in total. The molecule has 7 heteroatoms. The fourth-order valence-electron chi connectivity index (χ4n) is 3.84. The number of rotatable bonds is 5. The number of carbonyl (C=O) groups is 1. The van der Waals surface area contributed by atoms with Crippen LogP contribution in [-0.2, 0) is 19.6 Å². The first kappa shape index (κ1) is 23.7. The Balaban J connectivity index is 2.24. The van der Waals surface area contributed by atoms with Crippen LogP contribution in [0.5, 0.6) is 0 Å². The van der Waals surface area contributed by atoms with Crippen LogP contribution in [0.15, 0.2) is 65.1 Å². The third-order valence-electron chi connectivity index (χ3n) is 5.51. The van der Waals surface area contributed by atoms with Crippen LogP contribution in [0.4, 0.5) is 0 Å². The molecule has 2 aromatic carbocycles. The fraction of sp³-hybridized carbons (Fsp3) is 0.360. The van der Waals surface area contributed by atoms with Crippen molar-refractivity contribution in [1.82, 2.24) is 4.31 Å². The normalized spacial score (nSPS) is 19.3. The van der Waals surface area contributed by atoms with Gasteiger partial charge in [-0.15, -0.1) is 0 Å². The first-order valence-electron chi connectivity index (χ1n) is 10.5. The Hall–Kier alpha value is -2.95. The van der Waals surface area contributed by atoms with Crippen molar-refractivity contribution in [3.8, 4) is 6.07 Å². The molecule has 0 amide bonds. The molecule has 3 rings (SSSR count). The Kier molecular flexibility index (Phi) is 6.59. The van der Waals surface area contributed by atoms with Crippen LogP contribution >= 0.6 is 0 Å². The second-order valence-corrected chi connectivity index (χ2v) is 10.8. The Morgan fingerprint density at radius 3 is 2.19 bits per heavy atom. The Labute approximate surface area is 190 Å². The number of nitrogens with zero attached hydrogens (tertiary/aromatic N) is 2. The van der Waals surface area contributed by atoms with Gasteiger partial charge in [-0.25, -0.2) is 13.2 Å². The van der Waals surface area contributed by atoms with Crippen LogP contribution < -0.4 is 0 Å². The van der Waals surface area contributed by atoms with Gasteiger partial charge in [-0.1, -0.05) is 56.7 Å². The van der Waals surface area contributed by atoms with Gasteiger partial charge in [-0.3, -0.25) is 0 Å². The monoisotopic (exact) mass is 452 g/mol. The molecular weight excluding hydrogens is 424 g/mol. The van der Waals surface area contributed by atoms with Crippen LogP contribution in [-0.4, -0.2) is 31.3 Å². The summed E-state index contributed by atoms with van der Waals surface area (Å²) in [5.41, 5.74) is 1.80. The molecule has 32 heavy (non-hydrogen) atoms. The largest absolute Gasteiger partial charge is 0.463 e. The standard InChI is InChI=1S/C25H28N2O4S/c1-6-31-24(28)21-15-22(25(3,4)5)27(23(21)19-11-9-18(16-26)10-12-19)32(29,30)20-13-7-17(2)8-14-20/h7-15,22-23H,6H2,1-5H3/t22-,23-/m0/s1. The highest BCUT2D eigenvalue weighted by molar-refractivity contribution is 7.89. The summed E-state index contributed by atoms with van der Waals surface area (Å²) in [4.78, 5) is 13.1. The lowest BCUT2D eigenvalue weighted by molar-refractivity contribution is -0.138. The molecule has 2 aromatic rings. The zero-order chi connectivity index (χ0) is 23.7. The first-order chi connectivity index (χ1) is 15.0. The summed E-state index contributed by atoms with van der Waals surface area (Å²) in [6.07, 6.45) is 1.71. The summed E-state index contributed by atoms with van der Waals surface area (Å²) in [5.74, 6) is -0.544. The molecule has 0 aromatic heterocycles. The smallest absolute Gasteiger partial charge is 0.335 e. The van der Waals surface area contributed by atoms with E-state index in [-0.39, 0.29) is 17.1 Å². The average Bonchev–Trinajstić information content (AvgIpc) is 3.16. The van der Waals surface area contributed by atoms with Gasteiger partial charge in [0.05, 0.1) is 34.7 Å². The van der Waals surface area contributed by atoms with Gasteiger partial charge in [-0.05, 0) is 49.1 Å². The summed E-state index contributed by atoms with van der Waals surface area (Å²) in [6, 6.07) is 13.9. The van der Waals surface area contributed by atoms with E-state index in [0.29, 0.717) is 11.1 Å². The molecule has 0 bridgehead atoms. The lowest BCUT2D eigenvalue weighted by Gasteiger charge is -2.37. The van der Waals surface area contributed by atoms with Crippen molar-refractivity contribution in [2.75, 3.05) is 6.61 Å². The van der Waals surface area contributed by atoms with E-state index in [9.17, 15) is 13.2 Å². The van der Waals surface area contributed by atoms with E-state index in [0.717, 1.165) is 5.56 Å². The molecule has 1 aliphatic heterocycles. The molecule has 168 valence electrons. The number of nitriles is 1. The van der Waals surface area contributed by atoms with E-state index in [1.807, 2.05) is 27.7 Å². The van der Waals surface area contributed by atoms with Crippen LogP contribution in [0, 0.1) is 23.7 Å². The van der Waals surface area contributed by atoms with Gasteiger partial charge in [0.1, 0.15) is 0 Å². The summed E-state index contributed by atoms with van der Waals surface area (Å²) < 4.78 is 34.5. The lowest BCUT2D eigenvalue weighted by atomic mass is 9.87. The van der Waals surface area contributed by atoms with Crippen LogP contribution in [0.3, 0.4) is 0 Å². The predicted molar refractivity (Wildman–Crippen MR) is 122 cm³/mol. The maximum absolute atomic E-state index is 13.9. The van der Waals surface area contributed by atoms with Gasteiger partial charge in [0.2, 0.25) is 10.0 Å². The predicted octanol–water partition coefficient (Wildman–Crippen LogP) is 4.52. The minimum absolute atomic E-state index is 0.162. The maximum Gasteiger partial charge on any atom is 0.335 e. The number of hydrogen-bond donors (Lipinski definition) is 0. The van der Waals surface area contributed by atoms with Crippen molar-refractivity contribution >= 4 is 16.0 Å². The van der Waals surface area contributed by atoms with Gasteiger partial charge in [0.15, 0.2) is 0 Å². The van der Waals surface area contributed by atoms with Gasteiger partial charge in [0.25, 0.3) is 0 Å². The van der Waals surface area contributed by atoms with Gasteiger partial charge >= 0.3 is 5.97 Å². The summed E-state index contributed by atoms with van der Waals surface area (Å²) in [7, 11) is -3.97. The van der Waals surface area contributed by atoms with E-state index < -0.39 is 33.5 Å². The molecule has 0 saturated heterocycles. The van der Waals surface area contributed by atoms with Crippen molar-refractivity contribution in [3.05, 3.63) is 76.9 Å². The molecule has 0 saturated carbocycles. The summed E-state index contributed by atoms with van der Waals surface area (Å²) in [6.45, 7) is 9.61. The lowest BCUT2D eigenvalue weighted by Crippen LogP contribution is -2.45. The van der Waals surface area contributed by atoms with Crippen molar-refractivity contribution in [1.29, 1.82) is 5.26 Å². The zero-order valence-corrected chi connectivity index (χ0v) is 19.8. The fourth-order valence-corrected chi connectivity index (χ4v) is 5.76. The highest BCUT2D eigenvalue weighted by atomic mass is 32.2. The zero-order valence-electron chi connectivity index (χ0n) is 19.0. The number of esters is 1. The van der Waals surface area contributed by atoms with Crippen LogP contribution in [0.25, 0.3) is 0 Å². The van der Waals surface area contributed by atoms with Crippen molar-refractivity contribution in [3.63, 3.8) is 0 Å². The van der Waals surface area contributed by atoms with Crippen molar-refractivity contribution in [2.24, 2.45) is 5.41 Å². The number of sulfonamides is 1. The number of ether oxygens (including phenoxy) is 1. The van der Waals surface area contributed by atoms with Crippen molar-refractivity contribution < 1.29 is 17.9 Å². The van der Waals surface area contributed by atoms with Gasteiger partial charge in [0, 0.05) is 6.04 Å². The van der Waals surface area contributed by atoms with Crippen LogP contribution in [0.1, 0.15) is 50.4 Å².